The minimum atomic E-state index is 0.135. The van der Waals surface area contributed by atoms with Crippen molar-refractivity contribution in [3.8, 4) is 0 Å². The van der Waals surface area contributed by atoms with Crippen LogP contribution in [0.1, 0.15) is 84.0 Å². The molecular formula is C20H24N4O2. The average molecular weight is 352 g/mol. The lowest BCUT2D eigenvalue weighted by Crippen LogP contribution is -2.29. The third-order valence-corrected chi connectivity index (χ3v) is 6.57. The molecule has 3 saturated carbocycles. The smallest absolute Gasteiger partial charge is 0.257 e. The number of aromatic nitrogens is 3. The molecule has 3 heterocycles. The summed E-state index contributed by atoms with van der Waals surface area (Å²) in [6, 6.07) is 1.86. The van der Waals surface area contributed by atoms with Gasteiger partial charge in [-0.2, -0.15) is 5.10 Å². The molecule has 0 bridgehead atoms. The number of hydrogen-bond donors (Lipinski definition) is 1. The van der Waals surface area contributed by atoms with E-state index in [9.17, 15) is 4.79 Å². The number of nitrogens with zero attached hydrogens (tertiary/aromatic N) is 3. The van der Waals surface area contributed by atoms with Gasteiger partial charge in [0.05, 0.1) is 11.8 Å². The highest BCUT2D eigenvalue weighted by Crippen LogP contribution is 2.48. The van der Waals surface area contributed by atoms with Crippen molar-refractivity contribution in [2.24, 2.45) is 11.8 Å². The van der Waals surface area contributed by atoms with Gasteiger partial charge in [-0.3, -0.25) is 9.89 Å². The molecule has 2 aromatic heterocycles. The Hall–Kier alpha value is -2.11. The lowest BCUT2D eigenvalue weighted by molar-refractivity contribution is 0.0782. The molecule has 136 valence electrons. The van der Waals surface area contributed by atoms with E-state index in [4.69, 9.17) is 9.40 Å². The van der Waals surface area contributed by atoms with Gasteiger partial charge in [-0.1, -0.05) is 0 Å². The number of furan rings is 1. The zero-order chi connectivity index (χ0) is 17.3. The SMILES string of the molecule is O=C(c1ccoc1C1CC1)N1C[C@H](c2nc(C3CC3)n[nH]2)[C@@H](C2CC2)C1. The van der Waals surface area contributed by atoms with Gasteiger partial charge in [0.1, 0.15) is 11.6 Å². The Bertz CT molecular complexity index is 844. The molecule has 0 spiro atoms. The highest BCUT2D eigenvalue weighted by molar-refractivity contribution is 5.95. The maximum absolute atomic E-state index is 13.2. The molecule has 6 nitrogen and oxygen atoms in total. The predicted octanol–water partition coefficient (Wildman–Crippen LogP) is 3.42. The molecule has 0 aromatic carbocycles. The van der Waals surface area contributed by atoms with Gasteiger partial charge in [-0.15, -0.1) is 0 Å². The summed E-state index contributed by atoms with van der Waals surface area (Å²) in [5, 5.41) is 7.65. The summed E-state index contributed by atoms with van der Waals surface area (Å²) in [5.41, 5.74) is 0.777. The summed E-state index contributed by atoms with van der Waals surface area (Å²) in [7, 11) is 0. The predicted molar refractivity (Wildman–Crippen MR) is 93.9 cm³/mol. The Balaban J connectivity index is 1.26. The normalized spacial score (nSPS) is 28.7. The lowest BCUT2D eigenvalue weighted by Gasteiger charge is -2.16. The van der Waals surface area contributed by atoms with Crippen molar-refractivity contribution >= 4 is 5.91 Å². The van der Waals surface area contributed by atoms with Crippen molar-refractivity contribution in [3.05, 3.63) is 35.3 Å². The van der Waals surface area contributed by atoms with Crippen LogP contribution in [-0.2, 0) is 0 Å². The fourth-order valence-electron chi connectivity index (χ4n) is 4.59. The Morgan fingerprint density at radius 3 is 2.65 bits per heavy atom. The lowest BCUT2D eigenvalue weighted by atomic mass is 9.91. The monoisotopic (exact) mass is 352 g/mol. The molecule has 6 heteroatoms. The quantitative estimate of drug-likeness (QED) is 0.895. The number of aromatic amines is 1. The molecule has 1 N–H and O–H groups in total. The van der Waals surface area contributed by atoms with Gasteiger partial charge in [0.25, 0.3) is 5.91 Å². The van der Waals surface area contributed by atoms with Crippen molar-refractivity contribution in [1.82, 2.24) is 20.1 Å². The number of rotatable bonds is 5. The second kappa shape index (κ2) is 5.44. The number of H-pyrrole nitrogens is 1. The van der Waals surface area contributed by atoms with Crippen LogP contribution in [0.25, 0.3) is 0 Å². The summed E-state index contributed by atoms with van der Waals surface area (Å²) in [5.74, 6) is 5.56. The molecule has 26 heavy (non-hydrogen) atoms. The van der Waals surface area contributed by atoms with E-state index in [1.54, 1.807) is 6.26 Å². The minimum absolute atomic E-state index is 0.135. The van der Waals surface area contributed by atoms with Crippen LogP contribution in [0, 0.1) is 11.8 Å². The van der Waals surface area contributed by atoms with E-state index in [1.807, 2.05) is 11.0 Å². The molecular weight excluding hydrogens is 328 g/mol. The van der Waals surface area contributed by atoms with Crippen molar-refractivity contribution in [2.45, 2.75) is 56.3 Å². The molecule has 4 aliphatic rings. The maximum Gasteiger partial charge on any atom is 0.257 e. The summed E-state index contributed by atoms with van der Waals surface area (Å²) in [4.78, 5) is 20.0. The minimum Gasteiger partial charge on any atom is -0.468 e. The summed E-state index contributed by atoms with van der Waals surface area (Å²) in [6.45, 7) is 1.58. The summed E-state index contributed by atoms with van der Waals surface area (Å²) >= 11 is 0. The largest absolute Gasteiger partial charge is 0.468 e. The molecule has 2 atom stereocenters. The van der Waals surface area contributed by atoms with Crippen LogP contribution >= 0.6 is 0 Å². The zero-order valence-corrected chi connectivity index (χ0v) is 14.9. The van der Waals surface area contributed by atoms with E-state index in [1.165, 1.54) is 25.7 Å². The first kappa shape index (κ1) is 15.0. The van der Waals surface area contributed by atoms with Gasteiger partial charge in [0.15, 0.2) is 5.82 Å². The number of carbonyl (C=O) groups is 1. The van der Waals surface area contributed by atoms with Crippen LogP contribution < -0.4 is 0 Å². The number of amides is 1. The van der Waals surface area contributed by atoms with E-state index < -0.39 is 0 Å². The number of carbonyl (C=O) groups excluding carboxylic acids is 1. The Morgan fingerprint density at radius 2 is 1.92 bits per heavy atom. The Kier molecular flexibility index (Phi) is 3.14. The first-order valence-electron chi connectivity index (χ1n) is 10.1. The van der Waals surface area contributed by atoms with Gasteiger partial charge >= 0.3 is 0 Å². The third kappa shape index (κ3) is 2.49. The van der Waals surface area contributed by atoms with Crippen LogP contribution in [-0.4, -0.2) is 39.1 Å². The van der Waals surface area contributed by atoms with E-state index >= 15 is 0 Å². The molecule has 1 saturated heterocycles. The fourth-order valence-corrected chi connectivity index (χ4v) is 4.59. The van der Waals surface area contributed by atoms with Crippen LogP contribution in [0.2, 0.25) is 0 Å². The Labute approximate surface area is 152 Å². The van der Waals surface area contributed by atoms with Gasteiger partial charge < -0.3 is 9.32 Å². The fraction of sp³-hybridized carbons (Fsp3) is 0.650. The van der Waals surface area contributed by atoms with E-state index in [2.05, 4.69) is 10.2 Å². The van der Waals surface area contributed by atoms with Crippen molar-refractivity contribution in [2.75, 3.05) is 13.1 Å². The molecule has 2 aromatic rings. The van der Waals surface area contributed by atoms with Crippen molar-refractivity contribution in [3.63, 3.8) is 0 Å². The molecule has 0 radical (unpaired) electrons. The number of nitrogens with one attached hydrogen (secondary N) is 1. The first-order valence-corrected chi connectivity index (χ1v) is 10.1. The summed E-state index contributed by atoms with van der Waals surface area (Å²) in [6.07, 6.45) is 8.95. The second-order valence-electron chi connectivity index (χ2n) is 8.64. The first-order chi connectivity index (χ1) is 12.8. The van der Waals surface area contributed by atoms with E-state index in [0.717, 1.165) is 54.8 Å². The maximum atomic E-state index is 13.2. The zero-order valence-electron chi connectivity index (χ0n) is 14.9. The van der Waals surface area contributed by atoms with Crippen LogP contribution in [0.4, 0.5) is 0 Å². The van der Waals surface area contributed by atoms with E-state index in [0.29, 0.717) is 23.7 Å². The number of hydrogen-bond acceptors (Lipinski definition) is 4. The molecule has 6 rings (SSSR count). The van der Waals surface area contributed by atoms with Gasteiger partial charge in [0, 0.05) is 30.8 Å². The van der Waals surface area contributed by atoms with E-state index in [-0.39, 0.29) is 5.91 Å². The molecule has 1 aliphatic heterocycles. The van der Waals surface area contributed by atoms with Gasteiger partial charge in [-0.25, -0.2) is 4.98 Å². The summed E-state index contributed by atoms with van der Waals surface area (Å²) < 4.78 is 5.63. The molecule has 0 unspecified atom stereocenters. The highest BCUT2D eigenvalue weighted by atomic mass is 16.3. The molecule has 3 aliphatic carbocycles. The standard InChI is InChI=1S/C20H24N4O2/c25-20(14-7-8-26-17(14)12-3-4-12)24-9-15(11-1-2-11)16(10-24)19-21-18(22-23-19)13-5-6-13/h7-8,11-13,15-16H,1-6,9-10H2,(H,21,22,23)/t15-,16+/m1/s1. The topological polar surface area (TPSA) is 75.0 Å². The van der Waals surface area contributed by atoms with Crippen LogP contribution in [0.3, 0.4) is 0 Å². The second-order valence-corrected chi connectivity index (χ2v) is 8.64. The van der Waals surface area contributed by atoms with Gasteiger partial charge in [0.2, 0.25) is 0 Å². The molecule has 4 fully saturated rings. The Morgan fingerprint density at radius 1 is 1.12 bits per heavy atom. The van der Waals surface area contributed by atoms with Crippen LogP contribution in [0.15, 0.2) is 16.7 Å². The number of likely N-dealkylation sites (tertiary alicyclic amines) is 1. The van der Waals surface area contributed by atoms with Crippen molar-refractivity contribution in [1.29, 1.82) is 0 Å². The van der Waals surface area contributed by atoms with Crippen LogP contribution in [0.5, 0.6) is 0 Å². The molecule has 1 amide bonds. The third-order valence-electron chi connectivity index (χ3n) is 6.57. The highest BCUT2D eigenvalue weighted by Gasteiger charge is 2.46. The van der Waals surface area contributed by atoms with Crippen molar-refractivity contribution < 1.29 is 9.21 Å². The van der Waals surface area contributed by atoms with Gasteiger partial charge in [-0.05, 0) is 56.4 Å². The average Bonchev–Trinajstić information content (AvgIpc) is 3.62.